The van der Waals surface area contributed by atoms with Crippen molar-refractivity contribution < 1.29 is 4.92 Å². The van der Waals surface area contributed by atoms with Crippen LogP contribution in [-0.2, 0) is 6.54 Å². The Balaban J connectivity index is 1.49. The van der Waals surface area contributed by atoms with Gasteiger partial charge in [0.05, 0.1) is 23.7 Å². The molecule has 0 saturated carbocycles. The second-order valence-corrected chi connectivity index (χ2v) is 6.18. The number of aryl methyl sites for hydroxylation is 1. The summed E-state index contributed by atoms with van der Waals surface area (Å²) in [4.78, 5) is 12.6. The summed E-state index contributed by atoms with van der Waals surface area (Å²) >= 11 is 0. The van der Waals surface area contributed by atoms with Crippen LogP contribution >= 0.6 is 0 Å². The van der Waals surface area contributed by atoms with Gasteiger partial charge in [0.15, 0.2) is 0 Å². The first-order valence-electron chi connectivity index (χ1n) is 8.29. The third-order valence-corrected chi connectivity index (χ3v) is 4.18. The predicted octanol–water partition coefficient (Wildman–Crippen LogP) is 3.72. The van der Waals surface area contributed by atoms with Crippen LogP contribution < -0.4 is 0 Å². The second kappa shape index (κ2) is 7.85. The minimum atomic E-state index is -0.422. The van der Waals surface area contributed by atoms with Gasteiger partial charge in [0.25, 0.3) is 5.69 Å². The Labute approximate surface area is 146 Å². The first-order valence-corrected chi connectivity index (χ1v) is 8.29. The fourth-order valence-electron chi connectivity index (χ4n) is 2.81. The summed E-state index contributed by atoms with van der Waals surface area (Å²) in [6.07, 6.45) is 0. The summed E-state index contributed by atoms with van der Waals surface area (Å²) in [7, 11) is 0. The fraction of sp³-hybridized carbons (Fsp3) is 0.333. The van der Waals surface area contributed by atoms with E-state index in [0.29, 0.717) is 5.69 Å². The van der Waals surface area contributed by atoms with Gasteiger partial charge in [0.2, 0.25) is 0 Å². The lowest BCUT2D eigenvalue weighted by Gasteiger charge is -2.32. The van der Waals surface area contributed by atoms with Crippen molar-refractivity contribution in [1.82, 2.24) is 9.91 Å². The molecule has 7 heteroatoms. The lowest BCUT2D eigenvalue weighted by molar-refractivity contribution is -0.384. The van der Waals surface area contributed by atoms with Gasteiger partial charge in [-0.05, 0) is 24.6 Å². The van der Waals surface area contributed by atoms with Crippen LogP contribution in [0.5, 0.6) is 0 Å². The molecule has 0 N–H and O–H groups in total. The predicted molar refractivity (Wildman–Crippen MR) is 95.6 cm³/mol. The number of hydrogen-bond donors (Lipinski definition) is 0. The molecular formula is C18H21N5O2. The molecule has 1 aliphatic rings. The molecule has 0 unspecified atom stereocenters. The van der Waals surface area contributed by atoms with Gasteiger partial charge in [0.1, 0.15) is 0 Å². The zero-order chi connectivity index (χ0) is 17.6. The van der Waals surface area contributed by atoms with Crippen LogP contribution in [-0.4, -0.2) is 41.0 Å². The molecule has 0 aromatic heterocycles. The Hall–Kier alpha value is -2.80. The smallest absolute Gasteiger partial charge is 0.269 e. The lowest BCUT2D eigenvalue weighted by atomic mass is 10.1. The number of hydrogen-bond acceptors (Lipinski definition) is 5. The molecule has 0 bridgehead atoms. The van der Waals surface area contributed by atoms with Crippen LogP contribution in [0.2, 0.25) is 0 Å². The van der Waals surface area contributed by atoms with Crippen molar-refractivity contribution in [1.29, 1.82) is 0 Å². The summed E-state index contributed by atoms with van der Waals surface area (Å²) in [5, 5.41) is 21.0. The van der Waals surface area contributed by atoms with E-state index < -0.39 is 4.92 Å². The van der Waals surface area contributed by atoms with Gasteiger partial charge in [-0.25, -0.2) is 0 Å². The van der Waals surface area contributed by atoms with E-state index >= 15 is 0 Å². The maximum atomic E-state index is 10.6. The molecule has 0 atom stereocenters. The zero-order valence-corrected chi connectivity index (χ0v) is 14.2. The monoisotopic (exact) mass is 339 g/mol. The average molecular weight is 339 g/mol. The molecule has 1 saturated heterocycles. The molecule has 0 spiro atoms. The SMILES string of the molecule is Cc1cccc(CN2CCN(/N=N/c3ccc([N+](=O)[O-])cc3)CC2)c1. The first kappa shape index (κ1) is 17.0. The van der Waals surface area contributed by atoms with Crippen molar-refractivity contribution in [2.75, 3.05) is 26.2 Å². The zero-order valence-electron chi connectivity index (χ0n) is 14.2. The van der Waals surface area contributed by atoms with Crippen LogP contribution in [0.15, 0.2) is 58.9 Å². The molecule has 2 aromatic carbocycles. The Bertz CT molecular complexity index is 752. The third-order valence-electron chi connectivity index (χ3n) is 4.18. The summed E-state index contributed by atoms with van der Waals surface area (Å²) in [5.41, 5.74) is 3.30. The average Bonchev–Trinajstić information content (AvgIpc) is 2.61. The number of nitro benzene ring substituents is 1. The fourth-order valence-corrected chi connectivity index (χ4v) is 2.81. The van der Waals surface area contributed by atoms with Gasteiger partial charge >= 0.3 is 0 Å². The largest absolute Gasteiger partial charge is 0.295 e. The molecule has 3 rings (SSSR count). The van der Waals surface area contributed by atoms with Gasteiger partial charge in [0, 0.05) is 31.8 Å². The maximum Gasteiger partial charge on any atom is 0.269 e. The Morgan fingerprint density at radius 1 is 1.08 bits per heavy atom. The van der Waals surface area contributed by atoms with Crippen LogP contribution in [0.25, 0.3) is 0 Å². The standard InChI is InChI=1S/C18H21N5O2/c1-15-3-2-4-16(13-15)14-21-9-11-22(12-10-21)20-19-17-5-7-18(8-6-17)23(24)25/h2-8,13H,9-12,14H2,1H3/b20-19+. The third kappa shape index (κ3) is 4.84. The molecule has 7 nitrogen and oxygen atoms in total. The highest BCUT2D eigenvalue weighted by Crippen LogP contribution is 2.19. The Morgan fingerprint density at radius 3 is 2.44 bits per heavy atom. The number of nitrogens with zero attached hydrogens (tertiary/aromatic N) is 5. The highest BCUT2D eigenvalue weighted by molar-refractivity contribution is 5.43. The molecule has 0 radical (unpaired) electrons. The molecular weight excluding hydrogens is 318 g/mol. The van der Waals surface area contributed by atoms with Crippen LogP contribution in [0.1, 0.15) is 11.1 Å². The van der Waals surface area contributed by atoms with E-state index in [1.807, 2.05) is 5.01 Å². The molecule has 130 valence electrons. The summed E-state index contributed by atoms with van der Waals surface area (Å²) in [6, 6.07) is 14.7. The van der Waals surface area contributed by atoms with E-state index in [2.05, 4.69) is 46.4 Å². The normalized spacial score (nSPS) is 15.6. The molecule has 0 amide bonds. The molecule has 1 aliphatic heterocycles. The summed E-state index contributed by atoms with van der Waals surface area (Å²) in [5.74, 6) is 0. The van der Waals surface area contributed by atoms with Gasteiger partial charge in [-0.15, -0.1) is 5.11 Å². The Morgan fingerprint density at radius 2 is 1.80 bits per heavy atom. The van der Waals surface area contributed by atoms with Crippen molar-refractivity contribution >= 4 is 11.4 Å². The molecule has 2 aromatic rings. The Kier molecular flexibility index (Phi) is 5.35. The minimum Gasteiger partial charge on any atom is -0.295 e. The number of rotatable bonds is 5. The lowest BCUT2D eigenvalue weighted by Crippen LogP contribution is -2.43. The summed E-state index contributed by atoms with van der Waals surface area (Å²) in [6.45, 7) is 6.58. The van der Waals surface area contributed by atoms with Crippen LogP contribution in [0.3, 0.4) is 0 Å². The number of piperazine rings is 1. The number of benzene rings is 2. The molecule has 1 fully saturated rings. The number of nitro groups is 1. The van der Waals surface area contributed by atoms with Gasteiger partial charge < -0.3 is 0 Å². The van der Waals surface area contributed by atoms with E-state index in [4.69, 9.17) is 0 Å². The second-order valence-electron chi connectivity index (χ2n) is 6.18. The van der Waals surface area contributed by atoms with Crippen molar-refractivity contribution in [2.45, 2.75) is 13.5 Å². The molecule has 0 aliphatic carbocycles. The topological polar surface area (TPSA) is 74.3 Å². The van der Waals surface area contributed by atoms with Crippen molar-refractivity contribution in [3.8, 4) is 0 Å². The van der Waals surface area contributed by atoms with Gasteiger partial charge in [-0.2, -0.15) is 0 Å². The van der Waals surface area contributed by atoms with Crippen LogP contribution in [0.4, 0.5) is 11.4 Å². The minimum absolute atomic E-state index is 0.0590. The van der Waals surface area contributed by atoms with E-state index in [-0.39, 0.29) is 5.69 Å². The first-order chi connectivity index (χ1) is 12.1. The molecule has 25 heavy (non-hydrogen) atoms. The van der Waals surface area contributed by atoms with Gasteiger partial charge in [-0.3, -0.25) is 20.0 Å². The number of non-ortho nitro benzene ring substituents is 1. The van der Waals surface area contributed by atoms with E-state index in [0.717, 1.165) is 32.7 Å². The van der Waals surface area contributed by atoms with Crippen LogP contribution in [0, 0.1) is 17.0 Å². The highest BCUT2D eigenvalue weighted by Gasteiger charge is 2.16. The van der Waals surface area contributed by atoms with Gasteiger partial charge in [-0.1, -0.05) is 35.1 Å². The van der Waals surface area contributed by atoms with Crippen molar-refractivity contribution in [3.05, 3.63) is 69.8 Å². The van der Waals surface area contributed by atoms with E-state index in [1.54, 1.807) is 12.1 Å². The van der Waals surface area contributed by atoms with Crippen molar-refractivity contribution in [2.24, 2.45) is 10.3 Å². The maximum absolute atomic E-state index is 10.6. The quantitative estimate of drug-likeness (QED) is 0.473. The molecule has 1 heterocycles. The highest BCUT2D eigenvalue weighted by atomic mass is 16.6. The van der Waals surface area contributed by atoms with Crippen molar-refractivity contribution in [3.63, 3.8) is 0 Å². The van der Waals surface area contributed by atoms with E-state index in [9.17, 15) is 10.1 Å². The van der Waals surface area contributed by atoms with E-state index in [1.165, 1.54) is 23.3 Å². The summed E-state index contributed by atoms with van der Waals surface area (Å²) < 4.78 is 0.